The van der Waals surface area contributed by atoms with Crippen molar-refractivity contribution in [3.8, 4) is 0 Å². The van der Waals surface area contributed by atoms with Crippen molar-refractivity contribution in [1.82, 2.24) is 20.5 Å². The van der Waals surface area contributed by atoms with Gasteiger partial charge in [0.25, 0.3) is 5.91 Å². The largest absolute Gasteiger partial charge is 0.481 e. The van der Waals surface area contributed by atoms with Crippen LogP contribution in [0.25, 0.3) is 0 Å². The summed E-state index contributed by atoms with van der Waals surface area (Å²) < 4.78 is 0. The van der Waals surface area contributed by atoms with Gasteiger partial charge in [0.15, 0.2) is 0 Å². The van der Waals surface area contributed by atoms with Gasteiger partial charge in [0.05, 0.1) is 6.42 Å². The number of carbonyl (C=O) groups excluding carboxylic acids is 1. The molecule has 0 radical (unpaired) electrons. The number of carboxylic acid groups (broad SMARTS) is 1. The summed E-state index contributed by atoms with van der Waals surface area (Å²) in [5.41, 5.74) is -0.330. The van der Waals surface area contributed by atoms with E-state index in [0.29, 0.717) is 18.8 Å². The highest BCUT2D eigenvalue weighted by atomic mass is 16.4. The topological polar surface area (TPSA) is 108 Å². The molecule has 1 saturated carbocycles. The highest BCUT2D eigenvalue weighted by Crippen LogP contribution is 2.38. The molecule has 0 saturated heterocycles. The summed E-state index contributed by atoms with van der Waals surface area (Å²) in [5, 5.41) is 18.5. The minimum absolute atomic E-state index is 0.0987. The number of hydrogen-bond donors (Lipinski definition) is 3. The summed E-state index contributed by atoms with van der Waals surface area (Å²) in [6, 6.07) is 0. The first-order valence-corrected chi connectivity index (χ1v) is 7.46. The Morgan fingerprint density at radius 1 is 1.33 bits per heavy atom. The third-order valence-corrected chi connectivity index (χ3v) is 4.13. The van der Waals surface area contributed by atoms with Gasteiger partial charge in [0.1, 0.15) is 5.82 Å². The average molecular weight is 294 g/mol. The Morgan fingerprint density at radius 2 is 2.05 bits per heavy atom. The van der Waals surface area contributed by atoms with E-state index in [1.54, 1.807) is 0 Å². The fraction of sp³-hybridized carbons (Fsp3) is 0.714. The van der Waals surface area contributed by atoms with Crippen LogP contribution in [0, 0.1) is 5.41 Å². The number of nitrogens with one attached hydrogen (secondary N) is 2. The zero-order valence-corrected chi connectivity index (χ0v) is 12.3. The molecule has 21 heavy (non-hydrogen) atoms. The van der Waals surface area contributed by atoms with Crippen molar-refractivity contribution in [2.45, 2.75) is 51.9 Å². The van der Waals surface area contributed by atoms with E-state index in [-0.39, 0.29) is 23.6 Å². The van der Waals surface area contributed by atoms with E-state index < -0.39 is 5.97 Å². The number of aliphatic carboxylic acids is 1. The second-order valence-corrected chi connectivity index (χ2v) is 5.77. The van der Waals surface area contributed by atoms with Gasteiger partial charge in [0, 0.05) is 13.0 Å². The normalized spacial score (nSPS) is 17.4. The molecule has 1 fully saturated rings. The van der Waals surface area contributed by atoms with Crippen molar-refractivity contribution in [2.24, 2.45) is 5.41 Å². The van der Waals surface area contributed by atoms with E-state index in [9.17, 15) is 9.59 Å². The molecule has 1 aromatic rings. The van der Waals surface area contributed by atoms with Crippen LogP contribution in [0.4, 0.5) is 0 Å². The third kappa shape index (κ3) is 4.03. The molecule has 0 spiro atoms. The summed E-state index contributed by atoms with van der Waals surface area (Å²) in [6.07, 6.45) is 5.63. The number of rotatable bonds is 6. The van der Waals surface area contributed by atoms with Crippen LogP contribution in [0.15, 0.2) is 0 Å². The van der Waals surface area contributed by atoms with Crippen molar-refractivity contribution in [2.75, 3.05) is 6.54 Å². The van der Waals surface area contributed by atoms with Gasteiger partial charge in [0.2, 0.25) is 5.82 Å². The van der Waals surface area contributed by atoms with E-state index in [1.807, 2.05) is 6.92 Å². The quantitative estimate of drug-likeness (QED) is 0.737. The molecule has 0 unspecified atom stereocenters. The Hall–Kier alpha value is -1.92. The van der Waals surface area contributed by atoms with Crippen LogP contribution in [0.3, 0.4) is 0 Å². The summed E-state index contributed by atoms with van der Waals surface area (Å²) in [7, 11) is 0. The Morgan fingerprint density at radius 3 is 2.62 bits per heavy atom. The SMILES string of the molecule is CCc1nc(C(=O)NCC2(CC(=O)O)CCCCC2)n[nH]1. The Balaban J connectivity index is 1.97. The molecule has 0 aromatic carbocycles. The standard InChI is InChI=1S/C14H22N4O3/c1-2-10-16-12(18-17-10)13(21)15-9-14(8-11(19)20)6-4-3-5-7-14/h2-9H2,1H3,(H,15,21)(H,19,20)(H,16,17,18). The lowest BCUT2D eigenvalue weighted by molar-refractivity contribution is -0.140. The Kier molecular flexibility index (Phi) is 4.93. The number of amides is 1. The van der Waals surface area contributed by atoms with Crippen molar-refractivity contribution in [3.63, 3.8) is 0 Å². The van der Waals surface area contributed by atoms with E-state index in [4.69, 9.17) is 5.11 Å². The number of H-pyrrole nitrogens is 1. The highest BCUT2D eigenvalue weighted by Gasteiger charge is 2.35. The number of carbonyl (C=O) groups is 2. The number of carboxylic acids is 1. The molecule has 3 N–H and O–H groups in total. The number of aromatic amines is 1. The summed E-state index contributed by atoms with van der Waals surface area (Å²) in [5.74, 6) is -0.371. The van der Waals surface area contributed by atoms with E-state index in [0.717, 1.165) is 32.1 Å². The minimum Gasteiger partial charge on any atom is -0.481 e. The summed E-state index contributed by atoms with van der Waals surface area (Å²) >= 11 is 0. The number of aryl methyl sites for hydroxylation is 1. The molecular weight excluding hydrogens is 272 g/mol. The van der Waals surface area contributed by atoms with Gasteiger partial charge in [-0.1, -0.05) is 26.2 Å². The van der Waals surface area contributed by atoms with E-state index in [1.165, 1.54) is 0 Å². The lowest BCUT2D eigenvalue weighted by Gasteiger charge is -2.36. The highest BCUT2D eigenvalue weighted by molar-refractivity contribution is 5.90. The van der Waals surface area contributed by atoms with E-state index >= 15 is 0 Å². The maximum Gasteiger partial charge on any atom is 0.303 e. The van der Waals surface area contributed by atoms with Crippen LogP contribution in [0.1, 0.15) is 61.9 Å². The molecule has 1 aliphatic carbocycles. The van der Waals surface area contributed by atoms with Crippen LogP contribution in [-0.4, -0.2) is 38.7 Å². The predicted molar refractivity (Wildman–Crippen MR) is 75.9 cm³/mol. The first kappa shape index (κ1) is 15.5. The molecular formula is C14H22N4O3. The lowest BCUT2D eigenvalue weighted by atomic mass is 9.71. The molecule has 0 aliphatic heterocycles. The fourth-order valence-electron chi connectivity index (χ4n) is 2.94. The lowest BCUT2D eigenvalue weighted by Crippen LogP contribution is -2.40. The van der Waals surface area contributed by atoms with Crippen LogP contribution in [0.2, 0.25) is 0 Å². The van der Waals surface area contributed by atoms with Gasteiger partial charge >= 0.3 is 5.97 Å². The molecule has 1 aliphatic rings. The first-order chi connectivity index (χ1) is 10.0. The molecule has 7 nitrogen and oxygen atoms in total. The second kappa shape index (κ2) is 6.69. The number of nitrogens with zero attached hydrogens (tertiary/aromatic N) is 2. The van der Waals surface area contributed by atoms with Crippen LogP contribution < -0.4 is 5.32 Å². The predicted octanol–water partition coefficient (Wildman–Crippen LogP) is 1.52. The molecule has 116 valence electrons. The van der Waals surface area contributed by atoms with Crippen molar-refractivity contribution in [3.05, 3.63) is 11.6 Å². The van der Waals surface area contributed by atoms with Crippen molar-refractivity contribution in [1.29, 1.82) is 0 Å². The second-order valence-electron chi connectivity index (χ2n) is 5.77. The molecule has 1 heterocycles. The summed E-state index contributed by atoms with van der Waals surface area (Å²) in [4.78, 5) is 27.2. The molecule has 1 aromatic heterocycles. The smallest absolute Gasteiger partial charge is 0.303 e. The molecule has 7 heteroatoms. The number of hydrogen-bond acceptors (Lipinski definition) is 4. The zero-order valence-electron chi connectivity index (χ0n) is 12.3. The molecule has 1 amide bonds. The maximum atomic E-state index is 12.0. The zero-order chi connectivity index (χ0) is 15.3. The van der Waals surface area contributed by atoms with Gasteiger partial charge in [-0.05, 0) is 18.3 Å². The third-order valence-electron chi connectivity index (χ3n) is 4.13. The maximum absolute atomic E-state index is 12.0. The van der Waals surface area contributed by atoms with Crippen LogP contribution in [0.5, 0.6) is 0 Å². The fourth-order valence-corrected chi connectivity index (χ4v) is 2.94. The van der Waals surface area contributed by atoms with Crippen LogP contribution >= 0.6 is 0 Å². The van der Waals surface area contributed by atoms with Gasteiger partial charge in [-0.3, -0.25) is 14.7 Å². The minimum atomic E-state index is -0.808. The Bertz CT molecular complexity index is 506. The van der Waals surface area contributed by atoms with Gasteiger partial charge in [-0.25, -0.2) is 4.98 Å². The van der Waals surface area contributed by atoms with Crippen molar-refractivity contribution < 1.29 is 14.7 Å². The molecule has 0 atom stereocenters. The summed E-state index contributed by atoms with van der Waals surface area (Å²) in [6.45, 7) is 2.29. The molecule has 2 rings (SSSR count). The molecule has 0 bridgehead atoms. The van der Waals surface area contributed by atoms with E-state index in [2.05, 4.69) is 20.5 Å². The van der Waals surface area contributed by atoms with Gasteiger partial charge in [-0.2, -0.15) is 0 Å². The average Bonchev–Trinajstić information content (AvgIpc) is 2.94. The van der Waals surface area contributed by atoms with Crippen molar-refractivity contribution >= 4 is 11.9 Å². The first-order valence-electron chi connectivity index (χ1n) is 7.46. The van der Waals surface area contributed by atoms with Gasteiger partial charge < -0.3 is 10.4 Å². The van der Waals surface area contributed by atoms with Gasteiger partial charge in [-0.15, -0.1) is 5.10 Å². The van der Waals surface area contributed by atoms with Crippen LogP contribution in [-0.2, 0) is 11.2 Å². The monoisotopic (exact) mass is 294 g/mol. The Labute approximate surface area is 123 Å². The number of aromatic nitrogens is 3.